The first-order chi connectivity index (χ1) is 9.71. The first-order valence-corrected chi connectivity index (χ1v) is 7.43. The molecule has 2 N–H and O–H groups in total. The number of ether oxygens (including phenoxy) is 1. The van der Waals surface area contributed by atoms with Gasteiger partial charge in [0.1, 0.15) is 5.76 Å². The van der Waals surface area contributed by atoms with Crippen LogP contribution >= 0.6 is 11.3 Å². The molecular formula is C14H18N2O3S. The van der Waals surface area contributed by atoms with Gasteiger partial charge in [-0.2, -0.15) is 0 Å². The Hall–Kier alpha value is -1.21. The predicted octanol–water partition coefficient (Wildman–Crippen LogP) is 1.81. The summed E-state index contributed by atoms with van der Waals surface area (Å²) >= 11 is 1.62. The average Bonchev–Trinajstić information content (AvgIpc) is 3.01. The molecule has 2 aromatic rings. The summed E-state index contributed by atoms with van der Waals surface area (Å²) in [7, 11) is 0. The summed E-state index contributed by atoms with van der Waals surface area (Å²) in [6, 6.07) is 3.88. The van der Waals surface area contributed by atoms with Crippen LogP contribution in [-0.4, -0.2) is 36.5 Å². The molecule has 0 amide bonds. The zero-order chi connectivity index (χ0) is 14.0. The van der Waals surface area contributed by atoms with Crippen LogP contribution in [-0.2, 0) is 11.3 Å². The second-order valence-electron chi connectivity index (χ2n) is 5.30. The van der Waals surface area contributed by atoms with Crippen molar-refractivity contribution >= 4 is 11.3 Å². The predicted molar refractivity (Wildman–Crippen MR) is 76.6 cm³/mol. The summed E-state index contributed by atoms with van der Waals surface area (Å²) in [5.41, 5.74) is -0.0916. The van der Waals surface area contributed by atoms with E-state index in [0.29, 0.717) is 13.2 Å². The van der Waals surface area contributed by atoms with Gasteiger partial charge in [0.2, 0.25) is 0 Å². The fraction of sp³-hybridized carbons (Fsp3) is 0.500. The van der Waals surface area contributed by atoms with Gasteiger partial charge in [-0.15, -0.1) is 11.3 Å². The summed E-state index contributed by atoms with van der Waals surface area (Å²) in [6.45, 7) is 4.87. The van der Waals surface area contributed by atoms with Crippen LogP contribution < -0.4 is 5.32 Å². The van der Waals surface area contributed by atoms with Gasteiger partial charge in [-0.05, 0) is 19.1 Å². The number of hydrogen-bond acceptors (Lipinski definition) is 6. The van der Waals surface area contributed by atoms with E-state index in [1.165, 1.54) is 0 Å². The number of nitrogens with zero attached hydrogens (tertiary/aromatic N) is 1. The second-order valence-corrected chi connectivity index (χ2v) is 6.41. The van der Waals surface area contributed by atoms with Crippen LogP contribution in [0.3, 0.4) is 0 Å². The normalized spacial score (nSPS) is 17.1. The van der Waals surface area contributed by atoms with E-state index in [-0.39, 0.29) is 12.0 Å². The maximum atomic E-state index is 9.35. The van der Waals surface area contributed by atoms with Crippen LogP contribution in [0.4, 0.5) is 0 Å². The fourth-order valence-corrected chi connectivity index (χ4v) is 2.99. The van der Waals surface area contributed by atoms with Crippen LogP contribution in [0.1, 0.15) is 10.6 Å². The minimum Gasteiger partial charge on any atom is -0.459 e. The molecule has 0 radical (unpaired) electrons. The van der Waals surface area contributed by atoms with Crippen LogP contribution in [0.2, 0.25) is 0 Å². The minimum atomic E-state index is -0.0916. The molecule has 0 unspecified atom stereocenters. The smallest absolute Gasteiger partial charge is 0.162 e. The largest absolute Gasteiger partial charge is 0.459 e. The van der Waals surface area contributed by atoms with Gasteiger partial charge in [0.05, 0.1) is 25.2 Å². The second kappa shape index (κ2) is 5.65. The molecule has 0 bridgehead atoms. The summed E-state index contributed by atoms with van der Waals surface area (Å²) < 4.78 is 10.7. The van der Waals surface area contributed by atoms with Gasteiger partial charge in [-0.1, -0.05) is 0 Å². The van der Waals surface area contributed by atoms with Crippen molar-refractivity contribution in [2.45, 2.75) is 13.5 Å². The number of aliphatic hydroxyl groups excluding tert-OH is 1. The topological polar surface area (TPSA) is 67.5 Å². The lowest BCUT2D eigenvalue weighted by atomic mass is 9.87. The van der Waals surface area contributed by atoms with E-state index in [9.17, 15) is 5.11 Å². The third-order valence-electron chi connectivity index (χ3n) is 3.46. The Morgan fingerprint density at radius 2 is 2.30 bits per heavy atom. The molecule has 1 saturated heterocycles. The average molecular weight is 294 g/mol. The summed E-state index contributed by atoms with van der Waals surface area (Å²) in [5, 5.41) is 13.6. The molecule has 2 aromatic heterocycles. The Labute approximate surface area is 121 Å². The van der Waals surface area contributed by atoms with E-state index in [1.807, 2.05) is 25.3 Å². The summed E-state index contributed by atoms with van der Waals surface area (Å²) in [4.78, 5) is 5.53. The van der Waals surface area contributed by atoms with Crippen LogP contribution in [0, 0.1) is 12.3 Å². The highest BCUT2D eigenvalue weighted by Gasteiger charge is 2.37. The van der Waals surface area contributed by atoms with Gasteiger partial charge in [-0.3, -0.25) is 0 Å². The number of aryl methyl sites for hydroxylation is 1. The molecule has 6 heteroatoms. The molecule has 1 aliphatic rings. The SMILES string of the molecule is Cc1ccc(-c2ncc(CNCC3(CO)COC3)s2)o1. The first kappa shape index (κ1) is 13.8. The molecule has 1 fully saturated rings. The molecule has 1 aliphatic heterocycles. The summed E-state index contributed by atoms with van der Waals surface area (Å²) in [5.74, 6) is 1.71. The number of hydrogen-bond donors (Lipinski definition) is 2. The molecule has 20 heavy (non-hydrogen) atoms. The lowest BCUT2D eigenvalue weighted by molar-refractivity contribution is -0.134. The van der Waals surface area contributed by atoms with E-state index in [4.69, 9.17) is 9.15 Å². The third-order valence-corrected chi connectivity index (χ3v) is 4.47. The third kappa shape index (κ3) is 2.78. The molecule has 0 aromatic carbocycles. The van der Waals surface area contributed by atoms with Crippen LogP contribution in [0.15, 0.2) is 22.7 Å². The number of aromatic nitrogens is 1. The number of furan rings is 1. The Morgan fingerprint density at radius 1 is 1.45 bits per heavy atom. The van der Waals surface area contributed by atoms with Gasteiger partial charge in [0.15, 0.2) is 10.8 Å². The van der Waals surface area contributed by atoms with E-state index >= 15 is 0 Å². The van der Waals surface area contributed by atoms with E-state index in [1.54, 1.807) is 11.3 Å². The molecule has 5 nitrogen and oxygen atoms in total. The molecule has 3 rings (SSSR count). The van der Waals surface area contributed by atoms with Crippen molar-refractivity contribution < 1.29 is 14.3 Å². The van der Waals surface area contributed by atoms with Gasteiger partial charge >= 0.3 is 0 Å². The highest BCUT2D eigenvalue weighted by Crippen LogP contribution is 2.28. The van der Waals surface area contributed by atoms with Crippen molar-refractivity contribution in [3.05, 3.63) is 29.0 Å². The molecule has 3 heterocycles. The number of rotatable bonds is 6. The standard InChI is InChI=1S/C14H18N2O3S/c1-10-2-3-12(19-10)13-16-5-11(20-13)4-15-6-14(7-17)8-18-9-14/h2-3,5,15,17H,4,6-9H2,1H3. The minimum absolute atomic E-state index is 0.0916. The van der Waals surface area contributed by atoms with E-state index in [0.717, 1.165) is 34.5 Å². The van der Waals surface area contributed by atoms with Crippen molar-refractivity contribution in [3.63, 3.8) is 0 Å². The van der Waals surface area contributed by atoms with Crippen molar-refractivity contribution in [1.82, 2.24) is 10.3 Å². The maximum Gasteiger partial charge on any atom is 0.162 e. The molecule has 0 aliphatic carbocycles. The van der Waals surface area contributed by atoms with Crippen LogP contribution in [0.25, 0.3) is 10.8 Å². The summed E-state index contributed by atoms with van der Waals surface area (Å²) in [6.07, 6.45) is 1.87. The zero-order valence-electron chi connectivity index (χ0n) is 11.4. The Balaban J connectivity index is 1.55. The maximum absolute atomic E-state index is 9.35. The van der Waals surface area contributed by atoms with Crippen molar-refractivity contribution in [2.24, 2.45) is 5.41 Å². The van der Waals surface area contributed by atoms with Gasteiger partial charge in [0.25, 0.3) is 0 Å². The number of aliphatic hydroxyl groups is 1. The first-order valence-electron chi connectivity index (χ1n) is 6.62. The van der Waals surface area contributed by atoms with Crippen molar-refractivity contribution in [3.8, 4) is 10.8 Å². The molecule has 0 spiro atoms. The Kier molecular flexibility index (Phi) is 3.89. The molecule has 0 saturated carbocycles. The van der Waals surface area contributed by atoms with Gasteiger partial charge in [0, 0.05) is 24.2 Å². The lowest BCUT2D eigenvalue weighted by Crippen LogP contribution is -2.52. The van der Waals surface area contributed by atoms with E-state index < -0.39 is 0 Å². The fourth-order valence-electron chi connectivity index (χ4n) is 2.14. The zero-order valence-corrected chi connectivity index (χ0v) is 12.2. The molecular weight excluding hydrogens is 276 g/mol. The Morgan fingerprint density at radius 3 is 2.90 bits per heavy atom. The monoisotopic (exact) mass is 294 g/mol. The van der Waals surface area contributed by atoms with Gasteiger partial charge < -0.3 is 19.6 Å². The Bertz CT molecular complexity index is 569. The lowest BCUT2D eigenvalue weighted by Gasteiger charge is -2.39. The number of thiazole rings is 1. The highest BCUT2D eigenvalue weighted by atomic mass is 32.1. The van der Waals surface area contributed by atoms with Gasteiger partial charge in [-0.25, -0.2) is 4.98 Å². The van der Waals surface area contributed by atoms with Crippen molar-refractivity contribution in [2.75, 3.05) is 26.4 Å². The molecule has 108 valence electrons. The van der Waals surface area contributed by atoms with E-state index in [2.05, 4.69) is 10.3 Å². The molecule has 0 atom stereocenters. The highest BCUT2D eigenvalue weighted by molar-refractivity contribution is 7.14. The van der Waals surface area contributed by atoms with Crippen molar-refractivity contribution in [1.29, 1.82) is 0 Å². The quantitative estimate of drug-likeness (QED) is 0.850. The van der Waals surface area contributed by atoms with Crippen LogP contribution in [0.5, 0.6) is 0 Å². The number of nitrogens with one attached hydrogen (secondary N) is 1.